The lowest BCUT2D eigenvalue weighted by Crippen LogP contribution is -2.32. The number of fused-ring (bicyclic) bond motifs is 1. The van der Waals surface area contributed by atoms with Crippen molar-refractivity contribution in [1.82, 2.24) is 5.43 Å². The molecule has 3 rings (SSSR count). The second-order valence-corrected chi connectivity index (χ2v) is 8.52. The van der Waals surface area contributed by atoms with Crippen molar-refractivity contribution in [3.05, 3.63) is 50.9 Å². The van der Waals surface area contributed by atoms with Gasteiger partial charge in [-0.15, -0.1) is 11.3 Å². The van der Waals surface area contributed by atoms with Crippen LogP contribution in [0.15, 0.2) is 29.4 Å². The van der Waals surface area contributed by atoms with Crippen molar-refractivity contribution in [3.63, 3.8) is 0 Å². The highest BCUT2D eigenvalue weighted by Gasteiger charge is 2.30. The second-order valence-electron chi connectivity index (χ2n) is 6.98. The second kappa shape index (κ2) is 9.86. The molecule has 1 aliphatic carbocycles. The van der Waals surface area contributed by atoms with Crippen LogP contribution in [0.5, 0.6) is 0 Å². The Kier molecular flexibility index (Phi) is 7.23. The molecular weight excluding hydrogens is 426 g/mol. The summed E-state index contributed by atoms with van der Waals surface area (Å²) in [6.07, 6.45) is 3.94. The number of hydrazone groups is 1. The normalized spacial score (nSPS) is 15.5. The maximum Gasteiger partial charge on any atom is 0.341 e. The fraction of sp³-hybridized carbons (Fsp3) is 0.333. The van der Waals surface area contributed by atoms with E-state index in [1.807, 2.05) is 0 Å². The number of halogens is 1. The van der Waals surface area contributed by atoms with Gasteiger partial charge in [0, 0.05) is 9.90 Å². The number of hydrogen-bond donors (Lipinski definition) is 2. The summed E-state index contributed by atoms with van der Waals surface area (Å²) in [5.74, 6) is -1.82. The zero-order chi connectivity index (χ0) is 21.7. The Labute approximate surface area is 183 Å². The van der Waals surface area contributed by atoms with Crippen molar-refractivity contribution in [3.8, 4) is 0 Å². The molecule has 2 N–H and O–H groups in total. The number of anilines is 1. The molecule has 0 saturated heterocycles. The van der Waals surface area contributed by atoms with Crippen LogP contribution in [-0.4, -0.2) is 30.6 Å². The maximum absolute atomic E-state index is 12.5. The molecular formula is C21H22ClN3O4S. The Morgan fingerprint density at radius 2 is 2.00 bits per heavy atom. The first-order valence-electron chi connectivity index (χ1n) is 9.60. The van der Waals surface area contributed by atoms with Crippen molar-refractivity contribution in [2.75, 3.05) is 11.9 Å². The van der Waals surface area contributed by atoms with Crippen molar-refractivity contribution in [2.45, 2.75) is 33.1 Å². The SMILES string of the molecule is CCOC(=O)c1c(NC(=O)C(=O)N/N=C/c2ccc(Cl)cc2)sc2c1CCC(C)C2. The molecule has 0 radical (unpaired) electrons. The first kappa shape index (κ1) is 22.0. The van der Waals surface area contributed by atoms with Crippen LogP contribution in [0, 0.1) is 5.92 Å². The number of nitrogens with one attached hydrogen (secondary N) is 2. The fourth-order valence-electron chi connectivity index (χ4n) is 3.18. The summed E-state index contributed by atoms with van der Waals surface area (Å²) in [6, 6.07) is 6.82. The maximum atomic E-state index is 12.5. The Morgan fingerprint density at radius 1 is 1.27 bits per heavy atom. The summed E-state index contributed by atoms with van der Waals surface area (Å²) in [7, 11) is 0. The average Bonchev–Trinajstić information content (AvgIpc) is 3.06. The lowest BCUT2D eigenvalue weighted by molar-refractivity contribution is -0.136. The van der Waals surface area contributed by atoms with Crippen molar-refractivity contribution in [1.29, 1.82) is 0 Å². The molecule has 9 heteroatoms. The van der Waals surface area contributed by atoms with Crippen LogP contribution in [-0.2, 0) is 27.2 Å². The molecule has 30 heavy (non-hydrogen) atoms. The van der Waals surface area contributed by atoms with E-state index < -0.39 is 17.8 Å². The number of rotatable bonds is 5. The molecule has 1 aromatic heterocycles. The average molecular weight is 448 g/mol. The van der Waals surface area contributed by atoms with Gasteiger partial charge in [-0.1, -0.05) is 30.7 Å². The lowest BCUT2D eigenvalue weighted by Gasteiger charge is -2.18. The van der Waals surface area contributed by atoms with Gasteiger partial charge in [0.15, 0.2) is 0 Å². The molecule has 0 saturated carbocycles. The first-order valence-corrected chi connectivity index (χ1v) is 10.8. The summed E-state index contributed by atoms with van der Waals surface area (Å²) in [5.41, 5.74) is 4.16. The molecule has 0 aliphatic heterocycles. The standard InChI is InChI=1S/C21H22ClN3O4S/c1-3-29-21(28)17-15-9-4-12(2)10-16(15)30-20(17)24-18(26)19(27)25-23-11-13-5-7-14(22)8-6-13/h5-8,11-12H,3-4,9-10H2,1-2H3,(H,24,26)(H,25,27)/b23-11+. The highest BCUT2D eigenvalue weighted by molar-refractivity contribution is 7.17. The zero-order valence-electron chi connectivity index (χ0n) is 16.7. The third-order valence-electron chi connectivity index (χ3n) is 4.67. The largest absolute Gasteiger partial charge is 0.462 e. The first-order chi connectivity index (χ1) is 14.4. The van der Waals surface area contributed by atoms with E-state index in [0.29, 0.717) is 27.1 Å². The van der Waals surface area contributed by atoms with Crippen LogP contribution in [0.2, 0.25) is 5.02 Å². The van der Waals surface area contributed by atoms with Crippen LogP contribution in [0.25, 0.3) is 0 Å². The van der Waals surface area contributed by atoms with E-state index in [0.717, 1.165) is 29.7 Å². The number of thiophene rings is 1. The zero-order valence-corrected chi connectivity index (χ0v) is 18.2. The summed E-state index contributed by atoms with van der Waals surface area (Å²) < 4.78 is 5.17. The van der Waals surface area contributed by atoms with E-state index in [1.165, 1.54) is 17.6 Å². The number of carbonyl (C=O) groups is 3. The Hall–Kier alpha value is -2.71. The number of amides is 2. The van der Waals surface area contributed by atoms with Gasteiger partial charge in [-0.25, -0.2) is 10.2 Å². The summed E-state index contributed by atoms with van der Waals surface area (Å²) in [6.45, 7) is 4.10. The Morgan fingerprint density at radius 3 is 2.70 bits per heavy atom. The van der Waals surface area contributed by atoms with E-state index in [2.05, 4.69) is 22.8 Å². The van der Waals surface area contributed by atoms with Crippen LogP contribution >= 0.6 is 22.9 Å². The summed E-state index contributed by atoms with van der Waals surface area (Å²) >= 11 is 7.14. The molecule has 1 aromatic carbocycles. The van der Waals surface area contributed by atoms with Crippen molar-refractivity contribution >= 4 is 51.9 Å². The van der Waals surface area contributed by atoms with E-state index >= 15 is 0 Å². The monoisotopic (exact) mass is 447 g/mol. The molecule has 7 nitrogen and oxygen atoms in total. The van der Waals surface area contributed by atoms with Crippen molar-refractivity contribution in [2.24, 2.45) is 11.0 Å². The highest BCUT2D eigenvalue weighted by atomic mass is 35.5. The minimum Gasteiger partial charge on any atom is -0.462 e. The van der Waals surface area contributed by atoms with Crippen LogP contribution in [0.1, 0.15) is 46.6 Å². The molecule has 0 spiro atoms. The van der Waals surface area contributed by atoms with E-state index in [4.69, 9.17) is 16.3 Å². The Balaban J connectivity index is 1.71. The van der Waals surface area contributed by atoms with Gasteiger partial charge in [0.2, 0.25) is 0 Å². The number of benzene rings is 1. The number of carbonyl (C=O) groups excluding carboxylic acids is 3. The molecule has 2 amide bonds. The number of nitrogens with zero attached hydrogens (tertiary/aromatic N) is 1. The molecule has 2 aromatic rings. The predicted molar refractivity (Wildman–Crippen MR) is 117 cm³/mol. The Bertz CT molecular complexity index is 985. The fourth-order valence-corrected chi connectivity index (χ4v) is 4.70. The van der Waals surface area contributed by atoms with E-state index in [9.17, 15) is 14.4 Å². The highest BCUT2D eigenvalue weighted by Crippen LogP contribution is 2.40. The van der Waals surface area contributed by atoms with Gasteiger partial charge in [-0.05, 0) is 55.4 Å². The number of ether oxygens (including phenoxy) is 1. The van der Waals surface area contributed by atoms with E-state index in [-0.39, 0.29) is 6.61 Å². The van der Waals surface area contributed by atoms with Gasteiger partial charge >= 0.3 is 17.8 Å². The molecule has 0 fully saturated rings. The predicted octanol–water partition coefficient (Wildman–Crippen LogP) is 3.79. The number of esters is 1. The van der Waals surface area contributed by atoms with Gasteiger partial charge in [0.1, 0.15) is 5.00 Å². The molecule has 1 heterocycles. The van der Waals surface area contributed by atoms with Crippen LogP contribution in [0.3, 0.4) is 0 Å². The van der Waals surface area contributed by atoms with Crippen LogP contribution < -0.4 is 10.7 Å². The third kappa shape index (κ3) is 5.25. The molecule has 1 atom stereocenters. The number of hydrogen-bond acceptors (Lipinski definition) is 6. The molecule has 1 unspecified atom stereocenters. The topological polar surface area (TPSA) is 96.9 Å². The van der Waals surface area contributed by atoms with Gasteiger partial charge in [0.05, 0.1) is 18.4 Å². The van der Waals surface area contributed by atoms with Gasteiger partial charge in [-0.2, -0.15) is 5.10 Å². The van der Waals surface area contributed by atoms with Crippen molar-refractivity contribution < 1.29 is 19.1 Å². The smallest absolute Gasteiger partial charge is 0.341 e. The van der Waals surface area contributed by atoms with Gasteiger partial charge in [0.25, 0.3) is 0 Å². The van der Waals surface area contributed by atoms with Gasteiger partial charge < -0.3 is 10.1 Å². The minimum absolute atomic E-state index is 0.229. The third-order valence-corrected chi connectivity index (χ3v) is 6.10. The summed E-state index contributed by atoms with van der Waals surface area (Å²) in [4.78, 5) is 38.0. The lowest BCUT2D eigenvalue weighted by atomic mass is 9.88. The molecule has 0 bridgehead atoms. The molecule has 158 valence electrons. The quantitative estimate of drug-likeness (QED) is 0.315. The summed E-state index contributed by atoms with van der Waals surface area (Å²) in [5, 5.41) is 7.26. The van der Waals surface area contributed by atoms with E-state index in [1.54, 1.807) is 31.2 Å². The van der Waals surface area contributed by atoms with Crippen LogP contribution in [0.4, 0.5) is 5.00 Å². The minimum atomic E-state index is -0.935. The van der Waals surface area contributed by atoms with Gasteiger partial charge in [-0.3, -0.25) is 9.59 Å². The molecule has 1 aliphatic rings.